The zero-order chi connectivity index (χ0) is 15.9. The van der Waals surface area contributed by atoms with Crippen LogP contribution < -0.4 is 15.4 Å². The Bertz CT molecular complexity index is 586. The van der Waals surface area contributed by atoms with Gasteiger partial charge in [-0.3, -0.25) is 20.2 Å². The van der Waals surface area contributed by atoms with E-state index in [9.17, 15) is 9.59 Å². The summed E-state index contributed by atoms with van der Waals surface area (Å²) in [7, 11) is 0. The van der Waals surface area contributed by atoms with Gasteiger partial charge in [0.15, 0.2) is 5.11 Å². The summed E-state index contributed by atoms with van der Waals surface area (Å²) < 4.78 is 5.61. The van der Waals surface area contributed by atoms with E-state index in [0.29, 0.717) is 6.61 Å². The first-order valence-electron chi connectivity index (χ1n) is 7.21. The number of amides is 2. The average Bonchev–Trinajstić information content (AvgIpc) is 2.49. The van der Waals surface area contributed by atoms with Gasteiger partial charge in [-0.15, -0.1) is 0 Å². The molecule has 1 aliphatic heterocycles. The van der Waals surface area contributed by atoms with E-state index in [-0.39, 0.29) is 10.7 Å². The van der Waals surface area contributed by atoms with Crippen LogP contribution in [0.15, 0.2) is 29.8 Å². The molecule has 2 amide bonds. The molecular weight excluding hydrogens is 300 g/mol. The number of unbranched alkanes of at least 4 members (excludes halogenated alkanes) is 2. The fourth-order valence-electron chi connectivity index (χ4n) is 1.98. The van der Waals surface area contributed by atoms with Crippen molar-refractivity contribution < 1.29 is 14.3 Å². The molecule has 0 radical (unpaired) electrons. The van der Waals surface area contributed by atoms with Crippen LogP contribution in [0, 0.1) is 0 Å². The van der Waals surface area contributed by atoms with Gasteiger partial charge in [-0.1, -0.05) is 31.9 Å². The first-order valence-corrected chi connectivity index (χ1v) is 7.62. The van der Waals surface area contributed by atoms with Crippen LogP contribution in [0.4, 0.5) is 0 Å². The molecule has 116 valence electrons. The fourth-order valence-corrected chi connectivity index (χ4v) is 2.16. The minimum absolute atomic E-state index is 0.0305. The third-order valence-corrected chi connectivity index (χ3v) is 3.36. The smallest absolute Gasteiger partial charge is 0.263 e. The van der Waals surface area contributed by atoms with Crippen molar-refractivity contribution in [3.63, 3.8) is 0 Å². The molecule has 2 N–H and O–H groups in total. The molecule has 1 heterocycles. The lowest BCUT2D eigenvalue weighted by atomic mass is 10.1. The van der Waals surface area contributed by atoms with Crippen molar-refractivity contribution >= 4 is 35.2 Å². The second-order valence-electron chi connectivity index (χ2n) is 4.92. The summed E-state index contributed by atoms with van der Waals surface area (Å²) in [5, 5.41) is 4.83. The molecule has 0 bridgehead atoms. The number of hydrogen-bond acceptors (Lipinski definition) is 4. The summed E-state index contributed by atoms with van der Waals surface area (Å²) >= 11 is 4.75. The van der Waals surface area contributed by atoms with Crippen LogP contribution in [-0.4, -0.2) is 23.5 Å². The molecule has 1 fully saturated rings. The van der Waals surface area contributed by atoms with Crippen LogP contribution in [0.5, 0.6) is 5.75 Å². The lowest BCUT2D eigenvalue weighted by Gasteiger charge is -2.16. The highest BCUT2D eigenvalue weighted by atomic mass is 32.1. The van der Waals surface area contributed by atoms with Crippen LogP contribution in [0.1, 0.15) is 31.7 Å². The number of ether oxygens (including phenoxy) is 1. The van der Waals surface area contributed by atoms with Gasteiger partial charge in [-0.25, -0.2) is 0 Å². The molecule has 22 heavy (non-hydrogen) atoms. The number of thiocarbonyl (C=S) groups is 1. The Hall–Kier alpha value is -2.21. The van der Waals surface area contributed by atoms with E-state index < -0.39 is 11.8 Å². The summed E-state index contributed by atoms with van der Waals surface area (Å²) in [5.74, 6) is -0.209. The molecule has 1 aromatic carbocycles. The highest BCUT2D eigenvalue weighted by Crippen LogP contribution is 2.16. The quantitative estimate of drug-likeness (QED) is 0.365. The van der Waals surface area contributed by atoms with E-state index in [1.165, 1.54) is 6.08 Å². The van der Waals surface area contributed by atoms with Crippen LogP contribution >= 0.6 is 12.2 Å². The Balaban J connectivity index is 2.01. The number of benzene rings is 1. The van der Waals surface area contributed by atoms with Gasteiger partial charge < -0.3 is 4.74 Å². The van der Waals surface area contributed by atoms with Crippen LogP contribution in [0.3, 0.4) is 0 Å². The summed E-state index contributed by atoms with van der Waals surface area (Å²) in [6.07, 6.45) is 4.86. The molecular formula is C16H18N2O3S. The van der Waals surface area contributed by atoms with Gasteiger partial charge in [0.05, 0.1) is 6.61 Å². The zero-order valence-electron chi connectivity index (χ0n) is 12.3. The minimum atomic E-state index is -0.492. The van der Waals surface area contributed by atoms with Crippen LogP contribution in [-0.2, 0) is 9.59 Å². The topological polar surface area (TPSA) is 67.4 Å². The average molecular weight is 318 g/mol. The van der Waals surface area contributed by atoms with Gasteiger partial charge in [0.25, 0.3) is 11.8 Å². The largest absolute Gasteiger partial charge is 0.494 e. The van der Waals surface area contributed by atoms with Gasteiger partial charge in [-0.2, -0.15) is 0 Å². The van der Waals surface area contributed by atoms with E-state index >= 15 is 0 Å². The van der Waals surface area contributed by atoms with E-state index in [2.05, 4.69) is 17.6 Å². The fraction of sp³-hybridized carbons (Fsp3) is 0.312. The molecule has 0 unspecified atom stereocenters. The molecule has 0 spiro atoms. The van der Waals surface area contributed by atoms with E-state index in [1.54, 1.807) is 12.1 Å². The number of carbonyl (C=O) groups is 2. The Morgan fingerprint density at radius 1 is 1.09 bits per heavy atom. The van der Waals surface area contributed by atoms with Crippen molar-refractivity contribution in [3.8, 4) is 5.75 Å². The summed E-state index contributed by atoms with van der Waals surface area (Å²) in [6, 6.07) is 7.24. The summed E-state index contributed by atoms with van der Waals surface area (Å²) in [4.78, 5) is 23.5. The van der Waals surface area contributed by atoms with Gasteiger partial charge in [0.1, 0.15) is 11.3 Å². The number of hydrogen-bond donors (Lipinski definition) is 2. The Morgan fingerprint density at radius 2 is 1.73 bits per heavy atom. The number of rotatable bonds is 6. The van der Waals surface area contributed by atoms with Crippen molar-refractivity contribution in [1.29, 1.82) is 0 Å². The molecule has 0 aromatic heterocycles. The number of carbonyl (C=O) groups excluding carboxylic acids is 2. The van der Waals surface area contributed by atoms with Crippen molar-refractivity contribution in [2.24, 2.45) is 0 Å². The molecule has 1 saturated heterocycles. The maximum Gasteiger partial charge on any atom is 0.263 e. The standard InChI is InChI=1S/C16H18N2O3S/c1-2-3-4-9-21-12-7-5-11(6-8-12)10-13-14(19)17-16(22)18-15(13)20/h5-8,10H,2-4,9H2,1H3,(H2,17,18,19,20,22). The predicted octanol–water partition coefficient (Wildman–Crippen LogP) is 2.17. The summed E-state index contributed by atoms with van der Waals surface area (Å²) in [6.45, 7) is 2.84. The first-order chi connectivity index (χ1) is 10.6. The Morgan fingerprint density at radius 3 is 2.32 bits per heavy atom. The normalized spacial score (nSPS) is 14.4. The third kappa shape index (κ3) is 4.39. The Labute approximate surface area is 134 Å². The zero-order valence-corrected chi connectivity index (χ0v) is 13.2. The van der Waals surface area contributed by atoms with Crippen LogP contribution in [0.2, 0.25) is 0 Å². The Kier molecular flexibility index (Phi) is 5.66. The molecule has 1 aliphatic rings. The van der Waals surface area contributed by atoms with E-state index in [4.69, 9.17) is 17.0 Å². The van der Waals surface area contributed by atoms with Crippen molar-refractivity contribution in [2.45, 2.75) is 26.2 Å². The highest BCUT2D eigenvalue weighted by molar-refractivity contribution is 7.80. The first kappa shape index (κ1) is 16.2. The highest BCUT2D eigenvalue weighted by Gasteiger charge is 2.25. The molecule has 0 saturated carbocycles. The number of nitrogens with one attached hydrogen (secondary N) is 2. The lowest BCUT2D eigenvalue weighted by molar-refractivity contribution is -0.123. The minimum Gasteiger partial charge on any atom is -0.494 e. The van der Waals surface area contributed by atoms with E-state index in [0.717, 1.165) is 30.6 Å². The molecule has 0 atom stereocenters. The second-order valence-corrected chi connectivity index (χ2v) is 5.33. The predicted molar refractivity (Wildman–Crippen MR) is 88.3 cm³/mol. The molecule has 1 aromatic rings. The monoisotopic (exact) mass is 318 g/mol. The molecule has 0 aliphatic carbocycles. The third-order valence-electron chi connectivity index (χ3n) is 3.15. The maximum absolute atomic E-state index is 11.7. The van der Waals surface area contributed by atoms with E-state index in [1.807, 2.05) is 12.1 Å². The van der Waals surface area contributed by atoms with Gasteiger partial charge >= 0.3 is 0 Å². The SMILES string of the molecule is CCCCCOc1ccc(C=C2C(=O)NC(=S)NC2=O)cc1. The van der Waals surface area contributed by atoms with Gasteiger partial charge in [-0.05, 0) is 42.4 Å². The van der Waals surface area contributed by atoms with Crippen molar-refractivity contribution in [2.75, 3.05) is 6.61 Å². The van der Waals surface area contributed by atoms with Gasteiger partial charge in [0, 0.05) is 0 Å². The summed E-state index contributed by atoms with van der Waals surface area (Å²) in [5.41, 5.74) is 0.777. The lowest BCUT2D eigenvalue weighted by Crippen LogP contribution is -2.51. The van der Waals surface area contributed by atoms with Crippen molar-refractivity contribution in [1.82, 2.24) is 10.6 Å². The van der Waals surface area contributed by atoms with Gasteiger partial charge in [0.2, 0.25) is 0 Å². The molecule has 6 heteroatoms. The second kappa shape index (κ2) is 7.70. The molecule has 5 nitrogen and oxygen atoms in total. The maximum atomic E-state index is 11.7. The van der Waals surface area contributed by atoms with Crippen molar-refractivity contribution in [3.05, 3.63) is 35.4 Å². The van der Waals surface area contributed by atoms with Crippen LogP contribution in [0.25, 0.3) is 6.08 Å². The molecule has 2 rings (SSSR count).